The SMILES string of the molecule is O=C(O)C1c2ccsc2CCN1C1CCCS(=O)(=O)C1. The fourth-order valence-electron chi connectivity index (χ4n) is 3.26. The zero-order valence-corrected chi connectivity index (χ0v) is 12.6. The number of fused-ring (bicyclic) bond motifs is 1. The first kappa shape index (κ1) is 14.0. The van der Waals surface area contributed by atoms with E-state index in [2.05, 4.69) is 0 Å². The molecule has 0 radical (unpaired) electrons. The van der Waals surface area contributed by atoms with Gasteiger partial charge in [0.1, 0.15) is 6.04 Å². The standard InChI is InChI=1S/C13H17NO4S2/c15-13(16)12-10-4-6-19-11(10)3-5-14(12)9-2-1-7-20(17,18)8-9/h4,6,9,12H,1-3,5,7-8H2,(H,15,16). The molecule has 5 nitrogen and oxygen atoms in total. The Morgan fingerprint density at radius 1 is 1.45 bits per heavy atom. The van der Waals surface area contributed by atoms with E-state index in [1.807, 2.05) is 16.3 Å². The molecular weight excluding hydrogens is 298 g/mol. The number of thiophene rings is 1. The molecule has 7 heteroatoms. The highest BCUT2D eigenvalue weighted by Crippen LogP contribution is 2.36. The third kappa shape index (κ3) is 2.49. The topological polar surface area (TPSA) is 74.7 Å². The number of carbonyl (C=O) groups is 1. The first-order valence-corrected chi connectivity index (χ1v) is 9.43. The van der Waals surface area contributed by atoms with Gasteiger partial charge in [0.15, 0.2) is 9.84 Å². The van der Waals surface area contributed by atoms with Gasteiger partial charge in [-0.2, -0.15) is 0 Å². The van der Waals surface area contributed by atoms with E-state index in [1.165, 1.54) is 0 Å². The van der Waals surface area contributed by atoms with Crippen LogP contribution in [-0.4, -0.2) is 48.5 Å². The molecule has 1 aromatic heterocycles. The normalized spacial score (nSPS) is 29.8. The lowest BCUT2D eigenvalue weighted by Crippen LogP contribution is -2.50. The summed E-state index contributed by atoms with van der Waals surface area (Å²) in [4.78, 5) is 14.6. The van der Waals surface area contributed by atoms with Gasteiger partial charge in [0.2, 0.25) is 0 Å². The highest BCUT2D eigenvalue weighted by Gasteiger charge is 2.40. The molecule has 0 aliphatic carbocycles. The molecule has 2 atom stereocenters. The lowest BCUT2D eigenvalue weighted by molar-refractivity contribution is -0.145. The summed E-state index contributed by atoms with van der Waals surface area (Å²) in [7, 11) is -3.03. The van der Waals surface area contributed by atoms with Crippen molar-refractivity contribution in [3.63, 3.8) is 0 Å². The molecule has 2 aliphatic heterocycles. The van der Waals surface area contributed by atoms with E-state index in [0.717, 1.165) is 23.3 Å². The van der Waals surface area contributed by atoms with E-state index in [4.69, 9.17) is 0 Å². The summed E-state index contributed by atoms with van der Waals surface area (Å²) in [6.07, 6.45) is 2.21. The van der Waals surface area contributed by atoms with E-state index in [1.54, 1.807) is 11.3 Å². The van der Waals surface area contributed by atoms with Gasteiger partial charge in [0, 0.05) is 17.5 Å². The second kappa shape index (κ2) is 5.13. The lowest BCUT2D eigenvalue weighted by Gasteiger charge is -2.40. The van der Waals surface area contributed by atoms with Crippen LogP contribution in [0.3, 0.4) is 0 Å². The zero-order valence-electron chi connectivity index (χ0n) is 11.0. The van der Waals surface area contributed by atoms with Crippen molar-refractivity contribution in [1.29, 1.82) is 0 Å². The van der Waals surface area contributed by atoms with E-state index in [9.17, 15) is 18.3 Å². The Bertz CT molecular complexity index is 622. The van der Waals surface area contributed by atoms with Crippen molar-refractivity contribution in [1.82, 2.24) is 4.90 Å². The molecule has 0 bridgehead atoms. The smallest absolute Gasteiger partial charge is 0.325 e. The number of nitrogens with zero attached hydrogens (tertiary/aromatic N) is 1. The first-order chi connectivity index (χ1) is 9.48. The molecular formula is C13H17NO4S2. The average Bonchev–Trinajstić information content (AvgIpc) is 2.83. The molecule has 0 saturated carbocycles. The zero-order chi connectivity index (χ0) is 14.3. The van der Waals surface area contributed by atoms with Crippen molar-refractivity contribution in [2.75, 3.05) is 18.1 Å². The molecule has 1 aromatic rings. The number of aliphatic carboxylic acids is 1. The molecule has 3 heterocycles. The van der Waals surface area contributed by atoms with Crippen LogP contribution in [0.5, 0.6) is 0 Å². The van der Waals surface area contributed by atoms with Crippen LogP contribution in [0.15, 0.2) is 11.4 Å². The Hall–Kier alpha value is -0.920. The van der Waals surface area contributed by atoms with Crippen molar-refractivity contribution < 1.29 is 18.3 Å². The van der Waals surface area contributed by atoms with Gasteiger partial charge in [-0.3, -0.25) is 9.69 Å². The Morgan fingerprint density at radius 2 is 2.25 bits per heavy atom. The number of hydrogen-bond acceptors (Lipinski definition) is 5. The molecule has 110 valence electrons. The molecule has 1 N–H and O–H groups in total. The van der Waals surface area contributed by atoms with Crippen LogP contribution in [0.4, 0.5) is 0 Å². The summed E-state index contributed by atoms with van der Waals surface area (Å²) < 4.78 is 23.6. The summed E-state index contributed by atoms with van der Waals surface area (Å²) in [5.41, 5.74) is 0.844. The summed E-state index contributed by atoms with van der Waals surface area (Å²) in [6.45, 7) is 0.630. The molecule has 2 aliphatic rings. The van der Waals surface area contributed by atoms with E-state index in [-0.39, 0.29) is 17.5 Å². The first-order valence-electron chi connectivity index (χ1n) is 6.73. The third-order valence-corrected chi connectivity index (χ3v) is 6.94. The maximum atomic E-state index is 11.8. The van der Waals surface area contributed by atoms with Gasteiger partial charge >= 0.3 is 5.97 Å². The van der Waals surface area contributed by atoms with Crippen molar-refractivity contribution in [3.8, 4) is 0 Å². The quantitative estimate of drug-likeness (QED) is 0.890. The Balaban J connectivity index is 1.91. The second-order valence-corrected chi connectivity index (χ2v) is 8.67. The summed E-state index contributed by atoms with van der Waals surface area (Å²) >= 11 is 1.59. The Kier molecular flexibility index (Phi) is 3.60. The molecule has 1 saturated heterocycles. The Morgan fingerprint density at radius 3 is 2.95 bits per heavy atom. The molecule has 1 fully saturated rings. The van der Waals surface area contributed by atoms with Crippen LogP contribution in [0.25, 0.3) is 0 Å². The van der Waals surface area contributed by atoms with Crippen LogP contribution >= 0.6 is 11.3 Å². The number of hydrogen-bond donors (Lipinski definition) is 1. The highest BCUT2D eigenvalue weighted by molar-refractivity contribution is 7.91. The van der Waals surface area contributed by atoms with Crippen LogP contribution < -0.4 is 0 Å². The summed E-state index contributed by atoms with van der Waals surface area (Å²) in [6, 6.07) is 1.01. The van der Waals surface area contributed by atoms with Crippen molar-refractivity contribution in [2.24, 2.45) is 0 Å². The third-order valence-electron chi connectivity index (χ3n) is 4.15. The maximum Gasteiger partial charge on any atom is 0.325 e. The van der Waals surface area contributed by atoms with Crippen LogP contribution in [0, 0.1) is 0 Å². The fourth-order valence-corrected chi connectivity index (χ4v) is 5.89. The molecule has 2 unspecified atom stereocenters. The van der Waals surface area contributed by atoms with Gasteiger partial charge in [-0.05, 0) is 36.3 Å². The summed E-state index contributed by atoms with van der Waals surface area (Å²) in [5, 5.41) is 11.5. The predicted molar refractivity (Wildman–Crippen MR) is 76.8 cm³/mol. The largest absolute Gasteiger partial charge is 0.480 e. The summed E-state index contributed by atoms with van der Waals surface area (Å²) in [5.74, 6) is -0.554. The van der Waals surface area contributed by atoms with Gasteiger partial charge in [-0.15, -0.1) is 11.3 Å². The number of rotatable bonds is 2. The second-order valence-electron chi connectivity index (χ2n) is 5.44. The van der Waals surface area contributed by atoms with Gasteiger partial charge in [-0.1, -0.05) is 0 Å². The number of carboxylic acids is 1. The average molecular weight is 315 g/mol. The number of sulfone groups is 1. The van der Waals surface area contributed by atoms with Crippen molar-refractivity contribution in [2.45, 2.75) is 31.3 Å². The fraction of sp³-hybridized carbons (Fsp3) is 0.615. The van der Waals surface area contributed by atoms with Crippen LogP contribution in [0.2, 0.25) is 0 Å². The van der Waals surface area contributed by atoms with Gasteiger partial charge in [-0.25, -0.2) is 8.42 Å². The molecule has 20 heavy (non-hydrogen) atoms. The minimum atomic E-state index is -3.03. The molecule has 3 rings (SSSR count). The van der Waals surface area contributed by atoms with Gasteiger partial charge < -0.3 is 5.11 Å². The van der Waals surface area contributed by atoms with Crippen molar-refractivity contribution in [3.05, 3.63) is 21.9 Å². The maximum absolute atomic E-state index is 11.8. The molecule has 0 aromatic carbocycles. The van der Waals surface area contributed by atoms with Crippen molar-refractivity contribution >= 4 is 27.1 Å². The van der Waals surface area contributed by atoms with E-state index in [0.29, 0.717) is 13.0 Å². The molecule has 0 spiro atoms. The van der Waals surface area contributed by atoms with Gasteiger partial charge in [0.05, 0.1) is 11.5 Å². The van der Waals surface area contributed by atoms with E-state index < -0.39 is 21.8 Å². The monoisotopic (exact) mass is 315 g/mol. The van der Waals surface area contributed by atoms with Crippen LogP contribution in [-0.2, 0) is 21.1 Å². The van der Waals surface area contributed by atoms with Gasteiger partial charge in [0.25, 0.3) is 0 Å². The number of carboxylic acid groups (broad SMARTS) is 1. The minimum Gasteiger partial charge on any atom is -0.480 e. The highest BCUT2D eigenvalue weighted by atomic mass is 32.2. The van der Waals surface area contributed by atoms with E-state index >= 15 is 0 Å². The molecule has 0 amide bonds. The minimum absolute atomic E-state index is 0.0935. The predicted octanol–water partition coefficient (Wildman–Crippen LogP) is 1.31. The Labute approximate surface area is 122 Å². The van der Waals surface area contributed by atoms with Crippen LogP contribution in [0.1, 0.15) is 29.3 Å². The lowest BCUT2D eigenvalue weighted by atomic mass is 9.97.